The van der Waals surface area contributed by atoms with Crippen LogP contribution in [0.4, 0.5) is 0 Å². The Bertz CT molecular complexity index is 370. The highest BCUT2D eigenvalue weighted by Crippen LogP contribution is 2.31. The molecule has 1 aliphatic rings. The Morgan fingerprint density at radius 3 is 2.78 bits per heavy atom. The van der Waals surface area contributed by atoms with E-state index in [4.69, 9.17) is 5.10 Å². The fourth-order valence-corrected chi connectivity index (χ4v) is 3.01. The van der Waals surface area contributed by atoms with Gasteiger partial charge in [-0.1, -0.05) is 20.8 Å². The van der Waals surface area contributed by atoms with Gasteiger partial charge >= 0.3 is 0 Å². The van der Waals surface area contributed by atoms with E-state index in [1.54, 1.807) is 0 Å². The zero-order valence-corrected chi connectivity index (χ0v) is 12.1. The number of rotatable bonds is 6. The standard InChI is InChI=1S/C15H27N3/c1-4-10-16-14-8-7-9-15(14)18-13(6-3)11-12(5-2)17-18/h11,14-16H,4-10H2,1-3H3. The van der Waals surface area contributed by atoms with Crippen molar-refractivity contribution in [2.45, 2.75) is 71.4 Å². The lowest BCUT2D eigenvalue weighted by atomic mass is 10.1. The third-order valence-corrected chi connectivity index (χ3v) is 4.04. The van der Waals surface area contributed by atoms with E-state index in [0.717, 1.165) is 19.4 Å². The third kappa shape index (κ3) is 2.77. The molecule has 0 amide bonds. The summed E-state index contributed by atoms with van der Waals surface area (Å²) in [5, 5.41) is 8.51. The molecule has 1 heterocycles. The summed E-state index contributed by atoms with van der Waals surface area (Å²) in [6, 6.07) is 3.49. The minimum atomic E-state index is 0.576. The molecule has 1 N–H and O–H groups in total. The van der Waals surface area contributed by atoms with E-state index >= 15 is 0 Å². The second-order valence-electron chi connectivity index (χ2n) is 5.34. The van der Waals surface area contributed by atoms with Crippen LogP contribution in [0.25, 0.3) is 0 Å². The van der Waals surface area contributed by atoms with Crippen LogP contribution in [0.15, 0.2) is 6.07 Å². The number of aryl methyl sites for hydroxylation is 2. The molecule has 0 radical (unpaired) electrons. The van der Waals surface area contributed by atoms with Gasteiger partial charge in [-0.3, -0.25) is 4.68 Å². The van der Waals surface area contributed by atoms with Gasteiger partial charge in [0, 0.05) is 11.7 Å². The summed E-state index contributed by atoms with van der Waals surface area (Å²) in [5.74, 6) is 0. The molecule has 1 saturated carbocycles. The van der Waals surface area contributed by atoms with Crippen molar-refractivity contribution >= 4 is 0 Å². The summed E-state index contributed by atoms with van der Waals surface area (Å²) in [4.78, 5) is 0. The molecule has 1 fully saturated rings. The van der Waals surface area contributed by atoms with Gasteiger partial charge in [0.1, 0.15) is 0 Å². The fraction of sp³-hybridized carbons (Fsp3) is 0.800. The number of hydrogen-bond acceptors (Lipinski definition) is 2. The van der Waals surface area contributed by atoms with Gasteiger partial charge in [0.2, 0.25) is 0 Å². The zero-order chi connectivity index (χ0) is 13.0. The van der Waals surface area contributed by atoms with Crippen molar-refractivity contribution in [3.8, 4) is 0 Å². The Morgan fingerprint density at radius 1 is 1.28 bits per heavy atom. The molecule has 1 aromatic heterocycles. The first kappa shape index (κ1) is 13.6. The average Bonchev–Trinajstić information content (AvgIpc) is 3.01. The van der Waals surface area contributed by atoms with Crippen molar-refractivity contribution in [2.24, 2.45) is 0 Å². The Morgan fingerprint density at radius 2 is 2.11 bits per heavy atom. The summed E-state index contributed by atoms with van der Waals surface area (Å²) in [6.45, 7) is 7.78. The minimum absolute atomic E-state index is 0.576. The van der Waals surface area contributed by atoms with Crippen LogP contribution in [0.5, 0.6) is 0 Å². The van der Waals surface area contributed by atoms with Crippen LogP contribution >= 0.6 is 0 Å². The minimum Gasteiger partial charge on any atom is -0.312 e. The number of nitrogens with one attached hydrogen (secondary N) is 1. The van der Waals surface area contributed by atoms with E-state index in [-0.39, 0.29) is 0 Å². The molecule has 18 heavy (non-hydrogen) atoms. The van der Waals surface area contributed by atoms with Crippen LogP contribution < -0.4 is 5.32 Å². The monoisotopic (exact) mass is 249 g/mol. The molecular weight excluding hydrogens is 222 g/mol. The Balaban J connectivity index is 2.15. The van der Waals surface area contributed by atoms with Gasteiger partial charge in [0.15, 0.2) is 0 Å². The van der Waals surface area contributed by atoms with Gasteiger partial charge in [-0.25, -0.2) is 0 Å². The summed E-state index contributed by atoms with van der Waals surface area (Å²) in [5.41, 5.74) is 2.65. The molecule has 1 aliphatic carbocycles. The lowest BCUT2D eigenvalue weighted by molar-refractivity contribution is 0.357. The fourth-order valence-electron chi connectivity index (χ4n) is 3.01. The zero-order valence-electron chi connectivity index (χ0n) is 12.1. The van der Waals surface area contributed by atoms with E-state index in [0.29, 0.717) is 12.1 Å². The third-order valence-electron chi connectivity index (χ3n) is 4.04. The van der Waals surface area contributed by atoms with E-state index in [9.17, 15) is 0 Å². The molecule has 3 nitrogen and oxygen atoms in total. The maximum Gasteiger partial charge on any atom is 0.0675 e. The molecular formula is C15H27N3. The van der Waals surface area contributed by atoms with Gasteiger partial charge in [0.25, 0.3) is 0 Å². The Kier molecular flexibility index (Phi) is 4.81. The predicted molar refractivity (Wildman–Crippen MR) is 76.0 cm³/mol. The predicted octanol–water partition coefficient (Wildman–Crippen LogP) is 3.10. The molecule has 2 atom stereocenters. The van der Waals surface area contributed by atoms with E-state index in [2.05, 4.69) is 36.8 Å². The molecule has 102 valence electrons. The number of hydrogen-bond donors (Lipinski definition) is 1. The number of nitrogens with zero attached hydrogens (tertiary/aromatic N) is 2. The van der Waals surface area contributed by atoms with E-state index in [1.165, 1.54) is 37.1 Å². The van der Waals surface area contributed by atoms with Crippen LogP contribution in [0.2, 0.25) is 0 Å². The highest BCUT2D eigenvalue weighted by Gasteiger charge is 2.30. The molecule has 3 heteroatoms. The van der Waals surface area contributed by atoms with Gasteiger partial charge in [0.05, 0.1) is 11.7 Å². The Hall–Kier alpha value is -0.830. The maximum absolute atomic E-state index is 4.82. The first-order valence-electron chi connectivity index (χ1n) is 7.60. The molecule has 1 aromatic rings. The van der Waals surface area contributed by atoms with Crippen molar-refractivity contribution in [2.75, 3.05) is 6.54 Å². The highest BCUT2D eigenvalue weighted by atomic mass is 15.3. The molecule has 0 aliphatic heterocycles. The normalized spacial score (nSPS) is 23.7. The summed E-state index contributed by atoms with van der Waals surface area (Å²) in [7, 11) is 0. The van der Waals surface area contributed by atoms with Crippen LogP contribution in [-0.4, -0.2) is 22.4 Å². The second kappa shape index (κ2) is 6.37. The van der Waals surface area contributed by atoms with E-state index in [1.807, 2.05) is 0 Å². The van der Waals surface area contributed by atoms with E-state index < -0.39 is 0 Å². The van der Waals surface area contributed by atoms with Crippen molar-refractivity contribution in [3.05, 3.63) is 17.5 Å². The first-order chi connectivity index (χ1) is 8.80. The van der Waals surface area contributed by atoms with Crippen LogP contribution in [0.3, 0.4) is 0 Å². The number of aromatic nitrogens is 2. The summed E-state index contributed by atoms with van der Waals surface area (Å²) < 4.78 is 2.32. The first-order valence-corrected chi connectivity index (χ1v) is 7.60. The molecule has 0 aromatic carbocycles. The van der Waals surface area contributed by atoms with Crippen LogP contribution in [0.1, 0.15) is 63.9 Å². The second-order valence-corrected chi connectivity index (χ2v) is 5.34. The molecule has 2 rings (SSSR count). The largest absolute Gasteiger partial charge is 0.312 e. The van der Waals surface area contributed by atoms with Crippen molar-refractivity contribution < 1.29 is 0 Å². The summed E-state index contributed by atoms with van der Waals surface area (Å²) >= 11 is 0. The van der Waals surface area contributed by atoms with Crippen molar-refractivity contribution in [1.29, 1.82) is 0 Å². The SMILES string of the molecule is CCCNC1CCCC1n1nc(CC)cc1CC. The molecule has 0 spiro atoms. The highest BCUT2D eigenvalue weighted by molar-refractivity contribution is 5.12. The molecule has 2 unspecified atom stereocenters. The van der Waals surface area contributed by atoms with Crippen LogP contribution in [0, 0.1) is 0 Å². The lowest BCUT2D eigenvalue weighted by Crippen LogP contribution is -2.35. The average molecular weight is 249 g/mol. The van der Waals surface area contributed by atoms with Gasteiger partial charge < -0.3 is 5.32 Å². The smallest absolute Gasteiger partial charge is 0.0675 e. The molecule has 0 bridgehead atoms. The van der Waals surface area contributed by atoms with Gasteiger partial charge in [-0.2, -0.15) is 5.10 Å². The van der Waals surface area contributed by atoms with Gasteiger partial charge in [-0.05, 0) is 51.1 Å². The maximum atomic E-state index is 4.82. The van der Waals surface area contributed by atoms with Gasteiger partial charge in [-0.15, -0.1) is 0 Å². The lowest BCUT2D eigenvalue weighted by Gasteiger charge is -2.23. The quantitative estimate of drug-likeness (QED) is 0.839. The Labute approximate surface area is 111 Å². The van der Waals surface area contributed by atoms with Crippen molar-refractivity contribution in [3.63, 3.8) is 0 Å². The van der Waals surface area contributed by atoms with Crippen LogP contribution in [-0.2, 0) is 12.8 Å². The summed E-state index contributed by atoms with van der Waals surface area (Å²) in [6.07, 6.45) is 7.25. The topological polar surface area (TPSA) is 29.9 Å². The molecule has 0 saturated heterocycles. The van der Waals surface area contributed by atoms with Crippen molar-refractivity contribution in [1.82, 2.24) is 15.1 Å².